The van der Waals surface area contributed by atoms with Crippen LogP contribution in [-0.4, -0.2) is 11.1 Å². The molecule has 3 N–H and O–H groups in total. The fraction of sp³-hybridized carbons (Fsp3) is 0.250. The number of carbonyl (C=O) groups is 1. The van der Waals surface area contributed by atoms with Crippen molar-refractivity contribution < 1.29 is 9.90 Å². The van der Waals surface area contributed by atoms with Gasteiger partial charge in [-0.25, -0.2) is 4.79 Å². The second-order valence-corrected chi connectivity index (χ2v) is 1.15. The summed E-state index contributed by atoms with van der Waals surface area (Å²) in [5.41, 5.74) is 5.00. The minimum atomic E-state index is -0.970. The van der Waals surface area contributed by atoms with Gasteiger partial charge < -0.3 is 10.8 Å². The summed E-state index contributed by atoms with van der Waals surface area (Å²) in [6.45, 7) is 1.43. The van der Waals surface area contributed by atoms with Gasteiger partial charge in [0.2, 0.25) is 0 Å². The third-order valence-electron chi connectivity index (χ3n) is 0.587. The van der Waals surface area contributed by atoms with Crippen molar-refractivity contribution in [3.8, 4) is 0 Å². The molecule has 8 heavy (non-hydrogen) atoms. The number of carboxylic acids is 1. The summed E-state index contributed by atoms with van der Waals surface area (Å²) in [5, 5.41) is 8.03. The van der Waals surface area contributed by atoms with E-state index in [0.717, 1.165) is 6.20 Å². The smallest absolute Gasteiger partial charge is 0.332 e. The molecule has 0 aromatic heterocycles. The summed E-state index contributed by atoms with van der Waals surface area (Å²) in [6.07, 6.45) is 1.06. The first-order chi connectivity index (χ1) is 3.18. The van der Waals surface area contributed by atoms with Crippen molar-refractivity contribution in [3.63, 3.8) is 0 Å². The standard InChI is InChI=1S/C4H7NO2.ClH/c1-3(2-5)4(6)7;/h2H,5H2,1H3,(H,6,7);1H. The minimum Gasteiger partial charge on any atom is -0.478 e. The van der Waals surface area contributed by atoms with Crippen molar-refractivity contribution in [2.45, 2.75) is 6.92 Å². The van der Waals surface area contributed by atoms with E-state index in [2.05, 4.69) is 0 Å². The quantitative estimate of drug-likeness (QED) is 0.513. The summed E-state index contributed by atoms with van der Waals surface area (Å²) in [7, 11) is 0. The number of rotatable bonds is 1. The summed E-state index contributed by atoms with van der Waals surface area (Å²) >= 11 is 0. The molecule has 0 spiro atoms. The SMILES string of the molecule is CC(=CN)C(=O)O.Cl. The first kappa shape index (κ1) is 10.3. The fourth-order valence-corrected chi connectivity index (χ4v) is 0.0713. The lowest BCUT2D eigenvalue weighted by atomic mass is 10.3. The molecule has 0 radical (unpaired) electrons. The van der Waals surface area contributed by atoms with E-state index in [-0.39, 0.29) is 18.0 Å². The lowest BCUT2D eigenvalue weighted by Crippen LogP contribution is -1.98. The maximum absolute atomic E-state index is 9.78. The zero-order valence-corrected chi connectivity index (χ0v) is 5.23. The second-order valence-electron chi connectivity index (χ2n) is 1.15. The molecule has 0 saturated carbocycles. The van der Waals surface area contributed by atoms with Crippen LogP contribution in [0.25, 0.3) is 0 Å². The third-order valence-corrected chi connectivity index (χ3v) is 0.587. The first-order valence-corrected chi connectivity index (χ1v) is 1.80. The van der Waals surface area contributed by atoms with Crippen LogP contribution in [-0.2, 0) is 4.79 Å². The van der Waals surface area contributed by atoms with Gasteiger partial charge in [-0.15, -0.1) is 12.4 Å². The highest BCUT2D eigenvalue weighted by molar-refractivity contribution is 5.85. The van der Waals surface area contributed by atoms with Crippen molar-refractivity contribution in [1.82, 2.24) is 0 Å². The lowest BCUT2D eigenvalue weighted by molar-refractivity contribution is -0.132. The molecule has 0 amide bonds. The highest BCUT2D eigenvalue weighted by atomic mass is 35.5. The molecule has 0 aliphatic carbocycles. The molecule has 0 fully saturated rings. The van der Waals surface area contributed by atoms with Crippen LogP contribution in [0.4, 0.5) is 0 Å². The second kappa shape index (κ2) is 4.46. The van der Waals surface area contributed by atoms with Crippen molar-refractivity contribution in [1.29, 1.82) is 0 Å². The highest BCUT2D eigenvalue weighted by Gasteiger charge is 1.94. The summed E-state index contributed by atoms with van der Waals surface area (Å²) < 4.78 is 0. The van der Waals surface area contributed by atoms with Gasteiger partial charge in [-0.1, -0.05) is 0 Å². The zero-order chi connectivity index (χ0) is 5.86. The van der Waals surface area contributed by atoms with Crippen LogP contribution in [0.15, 0.2) is 11.8 Å². The normalized spacial score (nSPS) is 9.88. The highest BCUT2D eigenvalue weighted by Crippen LogP contribution is 1.84. The van der Waals surface area contributed by atoms with E-state index in [9.17, 15) is 4.79 Å². The summed E-state index contributed by atoms with van der Waals surface area (Å²) in [4.78, 5) is 9.78. The Kier molecular flexibility index (Phi) is 5.75. The van der Waals surface area contributed by atoms with Crippen LogP contribution in [0.2, 0.25) is 0 Å². The van der Waals surface area contributed by atoms with Gasteiger partial charge in [0.05, 0.1) is 0 Å². The molecule has 4 heteroatoms. The van der Waals surface area contributed by atoms with E-state index >= 15 is 0 Å². The van der Waals surface area contributed by atoms with Crippen LogP contribution >= 0.6 is 12.4 Å². The Bertz CT molecular complexity index is 111. The predicted octanol–water partition coefficient (Wildman–Crippen LogP) is 0.355. The average molecular weight is 138 g/mol. The maximum Gasteiger partial charge on any atom is 0.332 e. The number of carboxylic acid groups (broad SMARTS) is 1. The number of nitrogens with two attached hydrogens (primary N) is 1. The summed E-state index contributed by atoms with van der Waals surface area (Å²) in [5.74, 6) is -0.970. The van der Waals surface area contributed by atoms with Gasteiger partial charge in [0.25, 0.3) is 0 Å². The lowest BCUT2D eigenvalue weighted by Gasteiger charge is -1.84. The Balaban J connectivity index is 0. The van der Waals surface area contributed by atoms with Gasteiger partial charge in [0.1, 0.15) is 0 Å². The van der Waals surface area contributed by atoms with E-state index in [0.29, 0.717) is 0 Å². The maximum atomic E-state index is 9.78. The van der Waals surface area contributed by atoms with Gasteiger partial charge in [0, 0.05) is 11.8 Å². The molecule has 0 saturated heterocycles. The Labute approximate surface area is 53.6 Å². The molecular weight excluding hydrogens is 130 g/mol. The van der Waals surface area contributed by atoms with Crippen molar-refractivity contribution in [2.24, 2.45) is 5.73 Å². The van der Waals surface area contributed by atoms with E-state index < -0.39 is 5.97 Å². The van der Waals surface area contributed by atoms with Crippen molar-refractivity contribution >= 4 is 18.4 Å². The number of hydrogen-bond acceptors (Lipinski definition) is 2. The third kappa shape index (κ3) is 3.49. The molecule has 0 aromatic rings. The van der Waals surface area contributed by atoms with E-state index in [1.54, 1.807) is 0 Å². The minimum absolute atomic E-state index is 0. The molecule has 0 aliphatic rings. The molecule has 0 rings (SSSR count). The Morgan fingerprint density at radius 2 is 2.12 bits per heavy atom. The van der Waals surface area contributed by atoms with E-state index in [1.165, 1.54) is 6.92 Å². The van der Waals surface area contributed by atoms with Gasteiger partial charge >= 0.3 is 5.97 Å². The predicted molar refractivity (Wildman–Crippen MR) is 32.8 cm³/mol. The number of hydrogen-bond donors (Lipinski definition) is 2. The molecule has 48 valence electrons. The first-order valence-electron chi connectivity index (χ1n) is 1.80. The van der Waals surface area contributed by atoms with Crippen LogP contribution in [0.5, 0.6) is 0 Å². The Morgan fingerprint density at radius 1 is 1.75 bits per heavy atom. The number of halogens is 1. The van der Waals surface area contributed by atoms with Gasteiger partial charge in [0.15, 0.2) is 0 Å². The Hall–Kier alpha value is -0.700. The van der Waals surface area contributed by atoms with Gasteiger partial charge in [-0.05, 0) is 6.92 Å². The zero-order valence-electron chi connectivity index (χ0n) is 4.42. The van der Waals surface area contributed by atoms with Crippen LogP contribution in [0.3, 0.4) is 0 Å². The number of aliphatic carboxylic acids is 1. The van der Waals surface area contributed by atoms with Gasteiger partial charge in [-0.3, -0.25) is 0 Å². The molecule has 0 heterocycles. The summed E-state index contributed by atoms with van der Waals surface area (Å²) in [6, 6.07) is 0. The average Bonchev–Trinajstić information content (AvgIpc) is 1.65. The largest absolute Gasteiger partial charge is 0.478 e. The van der Waals surface area contributed by atoms with Crippen LogP contribution < -0.4 is 5.73 Å². The molecule has 0 aromatic carbocycles. The topological polar surface area (TPSA) is 63.3 Å². The van der Waals surface area contributed by atoms with E-state index in [4.69, 9.17) is 10.8 Å². The molecule has 0 bridgehead atoms. The molecular formula is C4H8ClNO2. The van der Waals surface area contributed by atoms with Crippen LogP contribution in [0, 0.1) is 0 Å². The Morgan fingerprint density at radius 3 is 2.12 bits per heavy atom. The van der Waals surface area contributed by atoms with Crippen LogP contribution in [0.1, 0.15) is 6.92 Å². The fourth-order valence-electron chi connectivity index (χ4n) is 0.0713. The monoisotopic (exact) mass is 137 g/mol. The molecule has 0 unspecified atom stereocenters. The van der Waals surface area contributed by atoms with Crippen molar-refractivity contribution in [3.05, 3.63) is 11.8 Å². The molecule has 0 atom stereocenters. The van der Waals surface area contributed by atoms with E-state index in [1.807, 2.05) is 0 Å². The van der Waals surface area contributed by atoms with Crippen molar-refractivity contribution in [2.75, 3.05) is 0 Å². The molecule has 3 nitrogen and oxygen atoms in total. The van der Waals surface area contributed by atoms with Gasteiger partial charge in [-0.2, -0.15) is 0 Å². The molecule has 0 aliphatic heterocycles.